The lowest BCUT2D eigenvalue weighted by Gasteiger charge is -2.35. The molecular formula is C19H21F2N3O3. The van der Waals surface area contributed by atoms with E-state index in [-0.39, 0.29) is 24.3 Å². The molecule has 0 heterocycles. The van der Waals surface area contributed by atoms with Crippen LogP contribution in [0.15, 0.2) is 42.5 Å². The van der Waals surface area contributed by atoms with Crippen molar-refractivity contribution in [3.05, 3.63) is 69.8 Å². The molecule has 1 amide bonds. The number of nitro benzene ring substituents is 1. The first-order valence-corrected chi connectivity index (χ1v) is 8.30. The van der Waals surface area contributed by atoms with Crippen LogP contribution in [-0.4, -0.2) is 27.8 Å². The van der Waals surface area contributed by atoms with E-state index in [1.54, 1.807) is 4.90 Å². The Morgan fingerprint density at radius 2 is 1.78 bits per heavy atom. The number of benzene rings is 2. The molecule has 0 atom stereocenters. The molecule has 27 heavy (non-hydrogen) atoms. The fraction of sp³-hybridized carbons (Fsp3) is 0.316. The van der Waals surface area contributed by atoms with Gasteiger partial charge in [-0.15, -0.1) is 0 Å². The van der Waals surface area contributed by atoms with E-state index in [0.717, 1.165) is 6.07 Å². The van der Waals surface area contributed by atoms with Crippen LogP contribution in [0.1, 0.15) is 26.3 Å². The van der Waals surface area contributed by atoms with Gasteiger partial charge in [-0.05, 0) is 51.1 Å². The molecule has 8 heteroatoms. The zero-order valence-electron chi connectivity index (χ0n) is 15.3. The molecule has 144 valence electrons. The Kier molecular flexibility index (Phi) is 6.22. The van der Waals surface area contributed by atoms with E-state index < -0.39 is 28.0 Å². The molecule has 2 aromatic carbocycles. The molecule has 0 fully saturated rings. The first-order chi connectivity index (χ1) is 12.6. The first-order valence-electron chi connectivity index (χ1n) is 8.30. The van der Waals surface area contributed by atoms with Gasteiger partial charge < -0.3 is 5.32 Å². The molecule has 0 bridgehead atoms. The second-order valence-electron chi connectivity index (χ2n) is 7.08. The van der Waals surface area contributed by atoms with E-state index in [2.05, 4.69) is 5.32 Å². The van der Waals surface area contributed by atoms with Gasteiger partial charge in [0.1, 0.15) is 11.6 Å². The van der Waals surface area contributed by atoms with Gasteiger partial charge in [0.05, 0.1) is 17.0 Å². The monoisotopic (exact) mass is 377 g/mol. The van der Waals surface area contributed by atoms with Crippen molar-refractivity contribution < 1.29 is 18.5 Å². The van der Waals surface area contributed by atoms with Crippen LogP contribution < -0.4 is 5.32 Å². The fourth-order valence-corrected chi connectivity index (χ4v) is 2.50. The minimum Gasteiger partial charge on any atom is -0.325 e. The molecule has 2 aromatic rings. The highest BCUT2D eigenvalue weighted by molar-refractivity contribution is 5.92. The highest BCUT2D eigenvalue weighted by Crippen LogP contribution is 2.26. The maximum Gasteiger partial charge on any atom is 0.276 e. The number of hydrogen-bond donors (Lipinski definition) is 1. The van der Waals surface area contributed by atoms with Crippen molar-refractivity contribution in [3.63, 3.8) is 0 Å². The Morgan fingerprint density at radius 1 is 1.15 bits per heavy atom. The lowest BCUT2D eigenvalue weighted by Crippen LogP contribution is -2.45. The highest BCUT2D eigenvalue weighted by atomic mass is 19.1. The highest BCUT2D eigenvalue weighted by Gasteiger charge is 2.28. The lowest BCUT2D eigenvalue weighted by molar-refractivity contribution is -0.386. The maximum absolute atomic E-state index is 14.2. The molecule has 0 unspecified atom stereocenters. The summed E-state index contributed by atoms with van der Waals surface area (Å²) in [5, 5.41) is 13.8. The summed E-state index contributed by atoms with van der Waals surface area (Å²) in [7, 11) is 0. The van der Waals surface area contributed by atoms with E-state index in [4.69, 9.17) is 0 Å². The van der Waals surface area contributed by atoms with Gasteiger partial charge in [0, 0.05) is 23.8 Å². The van der Waals surface area contributed by atoms with Gasteiger partial charge >= 0.3 is 0 Å². The van der Waals surface area contributed by atoms with Crippen molar-refractivity contribution in [1.29, 1.82) is 0 Å². The number of nitrogens with one attached hydrogen (secondary N) is 1. The van der Waals surface area contributed by atoms with Crippen molar-refractivity contribution in [3.8, 4) is 0 Å². The van der Waals surface area contributed by atoms with Crippen LogP contribution >= 0.6 is 0 Å². The number of anilines is 1. The molecule has 6 nitrogen and oxygen atoms in total. The molecule has 1 N–H and O–H groups in total. The summed E-state index contributed by atoms with van der Waals surface area (Å²) < 4.78 is 27.2. The van der Waals surface area contributed by atoms with E-state index in [1.807, 2.05) is 20.8 Å². The number of nitro groups is 1. The third-order valence-electron chi connectivity index (χ3n) is 4.05. The number of halogens is 2. The Balaban J connectivity index is 2.21. The second kappa shape index (κ2) is 8.22. The van der Waals surface area contributed by atoms with Crippen molar-refractivity contribution >= 4 is 17.3 Å². The summed E-state index contributed by atoms with van der Waals surface area (Å²) in [5.41, 5.74) is -0.543. The zero-order chi connectivity index (χ0) is 20.2. The fourth-order valence-electron chi connectivity index (χ4n) is 2.50. The van der Waals surface area contributed by atoms with Crippen LogP contribution in [0.5, 0.6) is 0 Å². The molecule has 0 aromatic heterocycles. The van der Waals surface area contributed by atoms with E-state index in [9.17, 15) is 23.7 Å². The summed E-state index contributed by atoms with van der Waals surface area (Å²) in [4.78, 5) is 24.6. The first kappa shape index (κ1) is 20.4. The molecular weight excluding hydrogens is 356 g/mol. The van der Waals surface area contributed by atoms with Crippen LogP contribution in [0.4, 0.5) is 20.2 Å². The standard InChI is InChI=1S/C19H21F2N3O3/c1-19(2,3)23(11-15-16(21)5-4-6-17(15)24(26)27)12-18(25)22-14-9-7-13(20)8-10-14/h4-10H,11-12H2,1-3H3,(H,22,25). The van der Waals surface area contributed by atoms with Gasteiger partial charge in [-0.1, -0.05) is 6.07 Å². The van der Waals surface area contributed by atoms with Crippen molar-refractivity contribution in [1.82, 2.24) is 4.90 Å². The number of amides is 1. The summed E-state index contributed by atoms with van der Waals surface area (Å²) >= 11 is 0. The van der Waals surface area contributed by atoms with Gasteiger partial charge in [0.2, 0.25) is 5.91 Å². The topological polar surface area (TPSA) is 75.5 Å². The summed E-state index contributed by atoms with van der Waals surface area (Å²) in [6.45, 7) is 5.25. The van der Waals surface area contributed by atoms with Crippen LogP contribution in [0.3, 0.4) is 0 Å². The van der Waals surface area contributed by atoms with Gasteiger partial charge in [0.25, 0.3) is 5.69 Å². The van der Waals surface area contributed by atoms with Crippen LogP contribution in [0.2, 0.25) is 0 Å². The molecule has 0 aliphatic rings. The van der Waals surface area contributed by atoms with Crippen LogP contribution in [0, 0.1) is 21.7 Å². The van der Waals surface area contributed by atoms with E-state index in [1.165, 1.54) is 36.4 Å². The predicted molar refractivity (Wildman–Crippen MR) is 98.2 cm³/mol. The normalized spacial score (nSPS) is 11.5. The molecule has 2 rings (SSSR count). The van der Waals surface area contributed by atoms with Gasteiger partial charge in [-0.3, -0.25) is 19.8 Å². The Labute approximate surface area is 155 Å². The van der Waals surface area contributed by atoms with E-state index >= 15 is 0 Å². The summed E-state index contributed by atoms with van der Waals surface area (Å²) in [6, 6.07) is 8.96. The molecule has 0 saturated heterocycles. The smallest absolute Gasteiger partial charge is 0.276 e. The largest absolute Gasteiger partial charge is 0.325 e. The van der Waals surface area contributed by atoms with Crippen molar-refractivity contribution in [2.75, 3.05) is 11.9 Å². The average molecular weight is 377 g/mol. The number of carbonyl (C=O) groups is 1. The molecule has 0 radical (unpaired) electrons. The molecule has 0 saturated carbocycles. The molecule has 0 aliphatic heterocycles. The van der Waals surface area contributed by atoms with Crippen LogP contribution in [0.25, 0.3) is 0 Å². The quantitative estimate of drug-likeness (QED) is 0.607. The molecule has 0 spiro atoms. The number of rotatable bonds is 6. The number of hydrogen-bond acceptors (Lipinski definition) is 4. The van der Waals surface area contributed by atoms with Gasteiger partial charge in [-0.2, -0.15) is 0 Å². The lowest BCUT2D eigenvalue weighted by atomic mass is 10.0. The summed E-state index contributed by atoms with van der Waals surface area (Å²) in [6.07, 6.45) is 0. The predicted octanol–water partition coefficient (Wildman–Crippen LogP) is 4.11. The van der Waals surface area contributed by atoms with Gasteiger partial charge in [-0.25, -0.2) is 8.78 Å². The Morgan fingerprint density at radius 3 is 2.33 bits per heavy atom. The molecule has 0 aliphatic carbocycles. The van der Waals surface area contributed by atoms with Crippen molar-refractivity contribution in [2.45, 2.75) is 32.9 Å². The second-order valence-corrected chi connectivity index (χ2v) is 7.08. The maximum atomic E-state index is 14.2. The number of carbonyl (C=O) groups excluding carboxylic acids is 1. The Bertz CT molecular complexity index is 833. The average Bonchev–Trinajstić information content (AvgIpc) is 2.56. The van der Waals surface area contributed by atoms with Gasteiger partial charge in [0.15, 0.2) is 0 Å². The van der Waals surface area contributed by atoms with Crippen molar-refractivity contribution in [2.24, 2.45) is 0 Å². The number of nitrogens with zero attached hydrogens (tertiary/aromatic N) is 2. The van der Waals surface area contributed by atoms with Crippen LogP contribution in [-0.2, 0) is 11.3 Å². The van der Waals surface area contributed by atoms with E-state index in [0.29, 0.717) is 5.69 Å². The Hall–Kier alpha value is -2.87. The minimum absolute atomic E-state index is 0.0768. The minimum atomic E-state index is -0.697. The third kappa shape index (κ3) is 5.55. The summed E-state index contributed by atoms with van der Waals surface area (Å²) in [5.74, 6) is -1.51. The zero-order valence-corrected chi connectivity index (χ0v) is 15.3. The third-order valence-corrected chi connectivity index (χ3v) is 4.05. The SMILES string of the molecule is CC(C)(C)N(CC(=O)Nc1ccc(F)cc1)Cc1c(F)cccc1[N+](=O)[O-].